The summed E-state index contributed by atoms with van der Waals surface area (Å²) in [5, 5.41) is 7.22. The van der Waals surface area contributed by atoms with Crippen molar-refractivity contribution >= 4 is 71.6 Å². The van der Waals surface area contributed by atoms with Crippen molar-refractivity contribution in [1.29, 1.82) is 0 Å². The summed E-state index contributed by atoms with van der Waals surface area (Å²) in [6.07, 6.45) is 0. The molecule has 3 heteroatoms. The topological polar surface area (TPSA) is 21.3 Å². The molecule has 0 atom stereocenters. The fourth-order valence-corrected chi connectivity index (χ4v) is 10.2. The molecule has 0 aliphatic rings. The van der Waals surface area contributed by atoms with E-state index in [1.165, 1.54) is 43.7 Å². The van der Waals surface area contributed by atoms with Gasteiger partial charge < -0.3 is 13.9 Å². The van der Waals surface area contributed by atoms with Gasteiger partial charge in [0, 0.05) is 55.4 Å². The van der Waals surface area contributed by atoms with Gasteiger partial charge >= 0.3 is 0 Å². The van der Waals surface area contributed by atoms with Gasteiger partial charge in [0.25, 0.3) is 0 Å². The third kappa shape index (κ3) is 6.59. The van der Waals surface area contributed by atoms with Crippen LogP contribution in [0.4, 0.5) is 17.1 Å². The molecule has 13 aromatic rings. The first-order valence-electron chi connectivity index (χ1n) is 22.9. The summed E-state index contributed by atoms with van der Waals surface area (Å²) in [5.74, 6) is 0. The molecule has 0 aliphatic heterocycles. The highest BCUT2D eigenvalue weighted by Gasteiger charge is 2.19. The van der Waals surface area contributed by atoms with Gasteiger partial charge in [-0.25, -0.2) is 0 Å². The number of fused-ring (bicyclic) bond motifs is 7. The van der Waals surface area contributed by atoms with Gasteiger partial charge in [-0.2, -0.15) is 0 Å². The van der Waals surface area contributed by atoms with Gasteiger partial charge in [0.1, 0.15) is 11.2 Å². The van der Waals surface area contributed by atoms with Crippen molar-refractivity contribution < 1.29 is 4.42 Å². The van der Waals surface area contributed by atoms with E-state index in [9.17, 15) is 0 Å². The Kier molecular flexibility index (Phi) is 9.17. The van der Waals surface area contributed by atoms with Gasteiger partial charge in [0.2, 0.25) is 0 Å². The van der Waals surface area contributed by atoms with E-state index >= 15 is 0 Å². The van der Waals surface area contributed by atoms with Gasteiger partial charge in [-0.3, -0.25) is 0 Å². The Morgan fingerprint density at radius 3 is 1.45 bits per heavy atom. The highest BCUT2D eigenvalue weighted by Crippen LogP contribution is 2.43. The molecule has 0 spiro atoms. The molecule has 0 saturated carbocycles. The second-order valence-electron chi connectivity index (χ2n) is 17.3. The maximum atomic E-state index is 6.83. The van der Waals surface area contributed by atoms with E-state index < -0.39 is 0 Å². The number of para-hydroxylation sites is 4. The molecule has 2 heterocycles. The third-order valence-electron chi connectivity index (χ3n) is 13.4. The highest BCUT2D eigenvalue weighted by molar-refractivity contribution is 6.13. The summed E-state index contributed by atoms with van der Waals surface area (Å²) < 4.78 is 9.21. The van der Waals surface area contributed by atoms with Crippen LogP contribution in [0.25, 0.3) is 105 Å². The monoisotopic (exact) mass is 854 g/mol. The van der Waals surface area contributed by atoms with Crippen LogP contribution in [0.2, 0.25) is 0 Å². The molecule has 67 heavy (non-hydrogen) atoms. The zero-order valence-electron chi connectivity index (χ0n) is 36.6. The van der Waals surface area contributed by atoms with Crippen LogP contribution in [0.5, 0.6) is 0 Å². The van der Waals surface area contributed by atoms with Gasteiger partial charge in [-0.15, -0.1) is 0 Å². The molecule has 11 aromatic carbocycles. The Hall–Kier alpha value is -8.92. The SMILES string of the molecule is c1ccc(-c2cccc3c2oc2c(-c4ccc(N(c5ccc(-c6cccc(-n7c8ccccc8c8ccccc87)c6)cc5)c5cccc(-c6cccc7ccccc67)c5)cc4)cccc23)cc1. The predicted octanol–water partition coefficient (Wildman–Crippen LogP) is 18.0. The lowest BCUT2D eigenvalue weighted by Crippen LogP contribution is -2.10. The summed E-state index contributed by atoms with van der Waals surface area (Å²) in [5.41, 5.74) is 17.6. The summed E-state index contributed by atoms with van der Waals surface area (Å²) in [4.78, 5) is 2.37. The van der Waals surface area contributed by atoms with Crippen molar-refractivity contribution in [1.82, 2.24) is 4.57 Å². The number of aromatic nitrogens is 1. The van der Waals surface area contributed by atoms with E-state index in [0.717, 1.165) is 78.1 Å². The van der Waals surface area contributed by atoms with Crippen LogP contribution >= 0.6 is 0 Å². The zero-order valence-corrected chi connectivity index (χ0v) is 36.6. The summed E-state index contributed by atoms with van der Waals surface area (Å²) in [6.45, 7) is 0. The molecule has 314 valence electrons. The number of hydrogen-bond donors (Lipinski definition) is 0. The first-order valence-corrected chi connectivity index (χ1v) is 22.9. The van der Waals surface area contributed by atoms with E-state index in [1.807, 2.05) is 0 Å². The summed E-state index contributed by atoms with van der Waals surface area (Å²) in [6, 6.07) is 91.7. The second kappa shape index (κ2) is 16.0. The van der Waals surface area contributed by atoms with Crippen molar-refractivity contribution in [2.45, 2.75) is 0 Å². The number of anilines is 3. The van der Waals surface area contributed by atoms with Crippen LogP contribution in [-0.2, 0) is 0 Å². The smallest absolute Gasteiger partial charge is 0.143 e. The van der Waals surface area contributed by atoms with E-state index in [-0.39, 0.29) is 0 Å². The van der Waals surface area contributed by atoms with Gasteiger partial charge in [0.05, 0.1) is 11.0 Å². The normalized spacial score (nSPS) is 11.6. The molecule has 0 fully saturated rings. The molecule has 13 rings (SSSR count). The minimum Gasteiger partial charge on any atom is -0.455 e. The van der Waals surface area contributed by atoms with Crippen molar-refractivity contribution in [2.24, 2.45) is 0 Å². The lowest BCUT2D eigenvalue weighted by Gasteiger charge is -2.26. The largest absolute Gasteiger partial charge is 0.455 e. The van der Waals surface area contributed by atoms with Crippen molar-refractivity contribution in [3.8, 4) is 50.2 Å². The minimum atomic E-state index is 0.895. The Morgan fingerprint density at radius 1 is 0.284 bits per heavy atom. The van der Waals surface area contributed by atoms with Crippen LogP contribution in [0.15, 0.2) is 259 Å². The van der Waals surface area contributed by atoms with Crippen LogP contribution in [0, 0.1) is 0 Å². The molecule has 0 amide bonds. The van der Waals surface area contributed by atoms with Gasteiger partial charge in [-0.1, -0.05) is 194 Å². The number of benzene rings is 11. The first kappa shape index (κ1) is 38.5. The van der Waals surface area contributed by atoms with Crippen molar-refractivity contribution in [2.75, 3.05) is 4.90 Å². The van der Waals surface area contributed by atoms with Crippen LogP contribution < -0.4 is 4.90 Å². The lowest BCUT2D eigenvalue weighted by atomic mass is 9.97. The average Bonchev–Trinajstić information content (AvgIpc) is 3.96. The first-order chi connectivity index (χ1) is 33.2. The lowest BCUT2D eigenvalue weighted by molar-refractivity contribution is 0.671. The standard InChI is InChI=1S/C64H42N2O/c1-2-15-45(16-3-1)55-27-13-29-59-60-30-14-28-56(64(60)67-63(55)59)46-35-39-50(40-36-46)65(51-21-11-20-48(42-51)54-26-12-18-44-17-4-5-23-53(44)54)49-37-33-43(34-38-49)47-19-10-22-52(41-47)66-61-31-8-6-24-57(61)58-25-7-9-32-62(58)66/h1-42H. The summed E-state index contributed by atoms with van der Waals surface area (Å²) >= 11 is 0. The molecular weight excluding hydrogens is 813 g/mol. The number of furan rings is 1. The van der Waals surface area contributed by atoms with Gasteiger partial charge in [0.15, 0.2) is 0 Å². The third-order valence-corrected chi connectivity index (χ3v) is 13.4. The molecule has 2 aromatic heterocycles. The Balaban J connectivity index is 0.906. The fourth-order valence-electron chi connectivity index (χ4n) is 10.2. The molecule has 0 bridgehead atoms. The Labute approximate surface area is 388 Å². The fraction of sp³-hybridized carbons (Fsp3) is 0. The summed E-state index contributed by atoms with van der Waals surface area (Å²) in [7, 11) is 0. The van der Waals surface area contributed by atoms with Gasteiger partial charge in [-0.05, 0) is 105 Å². The quantitative estimate of drug-likeness (QED) is 0.152. The van der Waals surface area contributed by atoms with Crippen LogP contribution in [0.3, 0.4) is 0 Å². The minimum absolute atomic E-state index is 0.895. The maximum Gasteiger partial charge on any atom is 0.143 e. The Bertz CT molecular complexity index is 3910. The van der Waals surface area contributed by atoms with Crippen LogP contribution in [0.1, 0.15) is 0 Å². The van der Waals surface area contributed by atoms with E-state index in [4.69, 9.17) is 4.42 Å². The van der Waals surface area contributed by atoms with Crippen molar-refractivity contribution in [3.63, 3.8) is 0 Å². The van der Waals surface area contributed by atoms with E-state index in [1.54, 1.807) is 0 Å². The van der Waals surface area contributed by atoms with Crippen LogP contribution in [-0.4, -0.2) is 4.57 Å². The highest BCUT2D eigenvalue weighted by atomic mass is 16.3. The molecular formula is C64H42N2O. The molecule has 0 saturated heterocycles. The zero-order chi connectivity index (χ0) is 44.3. The maximum absolute atomic E-state index is 6.83. The molecule has 0 unspecified atom stereocenters. The number of rotatable bonds is 8. The van der Waals surface area contributed by atoms with E-state index in [0.29, 0.717) is 0 Å². The molecule has 0 radical (unpaired) electrons. The molecule has 0 aliphatic carbocycles. The van der Waals surface area contributed by atoms with Crippen molar-refractivity contribution in [3.05, 3.63) is 255 Å². The molecule has 3 nitrogen and oxygen atoms in total. The number of hydrogen-bond acceptors (Lipinski definition) is 2. The Morgan fingerprint density at radius 2 is 0.761 bits per heavy atom. The predicted molar refractivity (Wildman–Crippen MR) is 282 cm³/mol. The number of nitrogens with zero attached hydrogens (tertiary/aromatic N) is 2. The average molecular weight is 855 g/mol. The molecule has 0 N–H and O–H groups in total. The van der Waals surface area contributed by atoms with E-state index in [2.05, 4.69) is 264 Å². The second-order valence-corrected chi connectivity index (χ2v) is 17.3.